The summed E-state index contributed by atoms with van der Waals surface area (Å²) >= 11 is 3.51. The van der Waals surface area contributed by atoms with Gasteiger partial charge < -0.3 is 0 Å². The van der Waals surface area contributed by atoms with Crippen molar-refractivity contribution < 1.29 is 4.79 Å². The van der Waals surface area contributed by atoms with Gasteiger partial charge >= 0.3 is 0 Å². The molecule has 0 aromatic carbocycles. The highest BCUT2D eigenvalue weighted by atomic mass is 127. The number of thiophene rings is 1. The van der Waals surface area contributed by atoms with Crippen LogP contribution in [0.4, 0.5) is 0 Å². The largest absolute Gasteiger partial charge is 0.283 e. The maximum atomic E-state index is 11.8. The predicted molar refractivity (Wildman–Crippen MR) is 75.9 cm³/mol. The van der Waals surface area contributed by atoms with Gasteiger partial charge in [-0.2, -0.15) is 0 Å². The van der Waals surface area contributed by atoms with Crippen molar-refractivity contribution in [1.29, 1.82) is 0 Å². The van der Waals surface area contributed by atoms with E-state index in [0.29, 0.717) is 0 Å². The molecule has 0 saturated heterocycles. The first-order chi connectivity index (χ1) is 7.58. The summed E-state index contributed by atoms with van der Waals surface area (Å²) in [5, 5.41) is 1.09. The molecule has 0 saturated carbocycles. The molecule has 1 aromatic heterocycles. The zero-order valence-corrected chi connectivity index (χ0v) is 11.9. The number of allylic oxidation sites excluding steroid dienone is 1. The van der Waals surface area contributed by atoms with Gasteiger partial charge in [0, 0.05) is 11.6 Å². The van der Waals surface area contributed by atoms with Crippen LogP contribution in [0, 0.1) is 0 Å². The molecular formula is C12H10INOS. The molecule has 1 aromatic rings. The fraction of sp³-hybridized carbons (Fsp3) is 0.167. The van der Waals surface area contributed by atoms with Gasteiger partial charge in [-0.3, -0.25) is 7.91 Å². The van der Waals surface area contributed by atoms with Crippen LogP contribution in [-0.4, -0.2) is 16.1 Å². The lowest BCUT2D eigenvalue weighted by atomic mass is 10.3. The van der Waals surface area contributed by atoms with Gasteiger partial charge in [-0.1, -0.05) is 0 Å². The Bertz CT molecular complexity index is 618. The van der Waals surface area contributed by atoms with Crippen LogP contribution in [0.1, 0.15) is 16.6 Å². The smallest absolute Gasteiger partial charge is 0.272 e. The van der Waals surface area contributed by atoms with Crippen LogP contribution >= 0.6 is 34.2 Å². The van der Waals surface area contributed by atoms with E-state index in [2.05, 4.69) is 11.8 Å². The molecule has 1 amide bonds. The molecule has 82 valence electrons. The molecule has 2 nitrogen and oxygen atoms in total. The minimum atomic E-state index is 0.0473. The van der Waals surface area contributed by atoms with Gasteiger partial charge in [-0.05, 0) is 42.0 Å². The molecule has 1 aliphatic rings. The zero-order valence-electron chi connectivity index (χ0n) is 8.95. The van der Waals surface area contributed by atoms with Gasteiger partial charge in [-0.15, -0.1) is 17.1 Å². The minimum Gasteiger partial charge on any atom is -0.283 e. The highest BCUT2D eigenvalue weighted by Gasteiger charge is 2.11. The van der Waals surface area contributed by atoms with E-state index < -0.39 is 0 Å². The average molecular weight is 343 g/mol. The highest BCUT2D eigenvalue weighted by Crippen LogP contribution is 2.08. The lowest BCUT2D eigenvalue weighted by Crippen LogP contribution is -2.16. The molecule has 0 bridgehead atoms. The number of amides is 1. The number of nitrogens with zero attached hydrogens (tertiary/aromatic N) is 1. The van der Waals surface area contributed by atoms with Crippen molar-refractivity contribution in [3.63, 3.8) is 0 Å². The van der Waals surface area contributed by atoms with Gasteiger partial charge in [0.05, 0.1) is 27.7 Å². The van der Waals surface area contributed by atoms with E-state index in [-0.39, 0.29) is 5.91 Å². The van der Waals surface area contributed by atoms with E-state index in [0.717, 1.165) is 20.2 Å². The van der Waals surface area contributed by atoms with Crippen LogP contribution in [0.5, 0.6) is 0 Å². The number of hydrogen-bond donors (Lipinski definition) is 0. The third-order valence-electron chi connectivity index (χ3n) is 2.20. The number of halogens is 1. The number of hydrogen-bond acceptors (Lipinski definition) is 2. The molecule has 2 rings (SSSR count). The third-order valence-corrected chi connectivity index (χ3v) is 3.73. The second kappa shape index (κ2) is 4.57. The van der Waals surface area contributed by atoms with Crippen molar-refractivity contribution in [1.82, 2.24) is 3.11 Å². The first-order valence-corrected chi connectivity index (χ1v) is 6.55. The Hall–Kier alpha value is -0.840. The summed E-state index contributed by atoms with van der Waals surface area (Å²) < 4.78 is 2.70. The lowest BCUT2D eigenvalue weighted by Gasteiger charge is -2.03. The normalized spacial score (nSPS) is 13.1. The monoisotopic (exact) mass is 343 g/mol. The Morgan fingerprint density at radius 3 is 3.00 bits per heavy atom. The van der Waals surface area contributed by atoms with Crippen molar-refractivity contribution >= 4 is 52.3 Å². The summed E-state index contributed by atoms with van der Waals surface area (Å²) in [6.45, 7) is 2.01. The molecule has 0 atom stereocenters. The third kappa shape index (κ3) is 2.29. The summed E-state index contributed by atoms with van der Waals surface area (Å²) in [5.74, 6) is 0.0473. The molecule has 4 heteroatoms. The fourth-order valence-corrected chi connectivity index (χ4v) is 2.97. The molecular weight excluding hydrogens is 333 g/mol. The quantitative estimate of drug-likeness (QED) is 0.433. The van der Waals surface area contributed by atoms with Gasteiger partial charge in [0.2, 0.25) is 0 Å². The first-order valence-electron chi connectivity index (χ1n) is 4.77. The first kappa shape index (κ1) is 11.6. The Labute approximate surface area is 112 Å². The van der Waals surface area contributed by atoms with Crippen molar-refractivity contribution in [3.05, 3.63) is 38.1 Å². The van der Waals surface area contributed by atoms with E-state index in [9.17, 15) is 4.79 Å². The molecule has 16 heavy (non-hydrogen) atoms. The van der Waals surface area contributed by atoms with Crippen LogP contribution < -0.4 is 9.75 Å². The maximum absolute atomic E-state index is 11.8. The number of rotatable bonds is 1. The van der Waals surface area contributed by atoms with Gasteiger partial charge in [0.15, 0.2) is 0 Å². The van der Waals surface area contributed by atoms with E-state index in [1.807, 2.05) is 48.0 Å². The van der Waals surface area contributed by atoms with Crippen LogP contribution in [0.2, 0.25) is 0 Å². The molecule has 0 spiro atoms. The van der Waals surface area contributed by atoms with E-state index in [1.165, 1.54) is 11.3 Å². The van der Waals surface area contributed by atoms with Crippen molar-refractivity contribution in [2.75, 3.05) is 7.05 Å². The molecule has 1 aliphatic carbocycles. The van der Waals surface area contributed by atoms with E-state index >= 15 is 0 Å². The standard InChI is InChI=1S/C12H10INOS/c1-8-4-3-5-9-7-11(12(15)14(2)13)16-10(9)6-8/h3,5-7H,1-2H3. The summed E-state index contributed by atoms with van der Waals surface area (Å²) in [7, 11) is 1.76. The summed E-state index contributed by atoms with van der Waals surface area (Å²) in [6.07, 6.45) is 5.94. The fourth-order valence-electron chi connectivity index (χ4n) is 1.42. The van der Waals surface area contributed by atoms with E-state index in [4.69, 9.17) is 0 Å². The van der Waals surface area contributed by atoms with Crippen LogP contribution in [-0.2, 0) is 0 Å². The highest BCUT2D eigenvalue weighted by molar-refractivity contribution is 14.1. The van der Waals surface area contributed by atoms with Crippen LogP contribution in [0.3, 0.4) is 0 Å². The molecule has 0 N–H and O–H groups in total. The summed E-state index contributed by atoms with van der Waals surface area (Å²) in [4.78, 5) is 12.6. The second-order valence-electron chi connectivity index (χ2n) is 3.52. The average Bonchev–Trinajstić information content (AvgIpc) is 2.52. The SMILES string of the molecule is CC1=C=CC=c2cc(C(=O)N(C)I)sc2=C1. The maximum Gasteiger partial charge on any atom is 0.272 e. The summed E-state index contributed by atoms with van der Waals surface area (Å²) in [6, 6.07) is 1.94. The number of carbonyl (C=O) groups is 1. The van der Waals surface area contributed by atoms with Crippen LogP contribution in [0.25, 0.3) is 12.2 Å². The van der Waals surface area contributed by atoms with Gasteiger partial charge in [0.1, 0.15) is 0 Å². The lowest BCUT2D eigenvalue weighted by molar-refractivity contribution is 0.0910. The second-order valence-corrected chi connectivity index (χ2v) is 6.05. The van der Waals surface area contributed by atoms with Crippen molar-refractivity contribution in [2.45, 2.75) is 6.92 Å². The molecule has 0 fully saturated rings. The predicted octanol–water partition coefficient (Wildman–Crippen LogP) is 1.85. The minimum absolute atomic E-state index is 0.0473. The van der Waals surface area contributed by atoms with Crippen molar-refractivity contribution in [3.8, 4) is 0 Å². The van der Waals surface area contributed by atoms with Crippen molar-refractivity contribution in [2.24, 2.45) is 0 Å². The van der Waals surface area contributed by atoms with E-state index in [1.54, 1.807) is 10.2 Å². The Morgan fingerprint density at radius 1 is 1.56 bits per heavy atom. The molecule has 0 unspecified atom stereocenters. The molecule has 1 heterocycles. The van der Waals surface area contributed by atoms with Gasteiger partial charge in [0.25, 0.3) is 5.91 Å². The Kier molecular flexibility index (Phi) is 3.33. The van der Waals surface area contributed by atoms with Crippen LogP contribution in [0.15, 0.2) is 23.4 Å². The molecule has 0 radical (unpaired) electrons. The van der Waals surface area contributed by atoms with Gasteiger partial charge in [-0.25, -0.2) is 0 Å². The topological polar surface area (TPSA) is 20.3 Å². The zero-order chi connectivity index (χ0) is 11.7. The molecule has 0 aliphatic heterocycles. The number of carbonyl (C=O) groups excluding carboxylic acids is 1. The number of fused-ring (bicyclic) bond motifs is 1. The summed E-state index contributed by atoms with van der Waals surface area (Å²) in [5.41, 5.74) is 4.22. The Balaban J connectivity index is 2.57. The Morgan fingerprint density at radius 2 is 2.31 bits per heavy atom.